The minimum Gasteiger partial charge on any atom is -0.467 e. The molecule has 0 bridgehead atoms. The molecule has 0 unspecified atom stereocenters. The van der Waals surface area contributed by atoms with E-state index >= 15 is 0 Å². The van der Waals surface area contributed by atoms with E-state index in [1.807, 2.05) is 24.3 Å². The second kappa shape index (κ2) is 6.79. The van der Waals surface area contributed by atoms with Gasteiger partial charge in [0.25, 0.3) is 0 Å². The van der Waals surface area contributed by atoms with Crippen molar-refractivity contribution in [3.63, 3.8) is 0 Å². The van der Waals surface area contributed by atoms with Gasteiger partial charge >= 0.3 is 0 Å². The predicted octanol–water partition coefficient (Wildman–Crippen LogP) is 3.02. The van der Waals surface area contributed by atoms with E-state index in [0.717, 1.165) is 11.3 Å². The lowest BCUT2D eigenvalue weighted by molar-refractivity contribution is 0.0497. The number of rotatable bonds is 6. The zero-order chi connectivity index (χ0) is 12.7. The molecule has 0 aliphatic heterocycles. The van der Waals surface area contributed by atoms with Gasteiger partial charge < -0.3 is 13.9 Å². The van der Waals surface area contributed by atoms with Crippen molar-refractivity contribution in [1.29, 1.82) is 0 Å². The van der Waals surface area contributed by atoms with Gasteiger partial charge in [-0.25, -0.2) is 0 Å². The summed E-state index contributed by atoms with van der Waals surface area (Å²) in [4.78, 5) is 0. The van der Waals surface area contributed by atoms with Crippen molar-refractivity contribution in [2.45, 2.75) is 32.4 Å². The average molecular weight is 252 g/mol. The first-order valence-electron chi connectivity index (χ1n) is 5.61. The van der Waals surface area contributed by atoms with Crippen molar-refractivity contribution < 1.29 is 13.9 Å². The highest BCUT2D eigenvalue weighted by Crippen LogP contribution is 2.23. The van der Waals surface area contributed by atoms with Crippen molar-refractivity contribution in [1.82, 2.24) is 0 Å². The minimum atomic E-state index is 0.211. The van der Waals surface area contributed by atoms with Gasteiger partial charge in [0.05, 0.1) is 6.61 Å². The first kappa shape index (κ1) is 14.2. The van der Waals surface area contributed by atoms with E-state index in [9.17, 15) is 0 Å². The van der Waals surface area contributed by atoms with Gasteiger partial charge in [-0.05, 0) is 11.1 Å². The summed E-state index contributed by atoms with van der Waals surface area (Å²) in [6.07, 6.45) is 0. The van der Waals surface area contributed by atoms with Crippen molar-refractivity contribution in [3.05, 3.63) is 29.8 Å². The molecule has 0 aliphatic carbocycles. The maximum atomic E-state index is 5.71. The summed E-state index contributed by atoms with van der Waals surface area (Å²) in [5.74, 6) is 0.827. The average Bonchev–Trinajstić information content (AvgIpc) is 2.26. The first-order chi connectivity index (χ1) is 8.03. The van der Waals surface area contributed by atoms with Gasteiger partial charge in [0.1, 0.15) is 5.75 Å². The lowest BCUT2D eigenvalue weighted by atomic mass is 10.2. The molecule has 94 valence electrons. The zero-order valence-corrected chi connectivity index (χ0v) is 11.9. The van der Waals surface area contributed by atoms with Crippen LogP contribution in [0.4, 0.5) is 0 Å². The van der Waals surface area contributed by atoms with E-state index in [0.29, 0.717) is 16.4 Å². The Morgan fingerprint density at radius 3 is 2.53 bits per heavy atom. The molecule has 0 fully saturated rings. The Bertz CT molecular complexity index is 334. The molecule has 0 aliphatic rings. The smallest absolute Gasteiger partial charge is 0.236 e. The van der Waals surface area contributed by atoms with Crippen molar-refractivity contribution in [2.75, 3.05) is 13.9 Å². The van der Waals surface area contributed by atoms with E-state index in [2.05, 4.69) is 20.8 Å². The van der Waals surface area contributed by atoms with Gasteiger partial charge in [0, 0.05) is 12.7 Å². The fourth-order valence-corrected chi connectivity index (χ4v) is 1.88. The van der Waals surface area contributed by atoms with Crippen LogP contribution in [-0.4, -0.2) is 23.7 Å². The highest BCUT2D eigenvalue weighted by atomic mass is 28.2. The quantitative estimate of drug-likeness (QED) is 0.575. The summed E-state index contributed by atoms with van der Waals surface area (Å²) in [5.41, 5.74) is 1.06. The van der Waals surface area contributed by atoms with Crippen LogP contribution in [-0.2, 0) is 15.8 Å². The first-order valence-corrected chi connectivity index (χ1v) is 6.52. The normalized spacial score (nSPS) is 11.5. The zero-order valence-electron chi connectivity index (χ0n) is 10.9. The summed E-state index contributed by atoms with van der Waals surface area (Å²) in [5, 5.41) is 0.211. The van der Waals surface area contributed by atoms with Crippen molar-refractivity contribution in [3.8, 4) is 5.75 Å². The van der Waals surface area contributed by atoms with Crippen LogP contribution < -0.4 is 4.74 Å². The predicted molar refractivity (Wildman–Crippen MR) is 69.2 cm³/mol. The van der Waals surface area contributed by atoms with Crippen LogP contribution in [0, 0.1) is 0 Å². The fraction of sp³-hybridized carbons (Fsp3) is 0.538. The van der Waals surface area contributed by atoms with Crippen molar-refractivity contribution >= 4 is 9.76 Å². The second-order valence-corrected chi connectivity index (χ2v) is 6.79. The SMILES string of the molecule is COCOc1ccccc1CO[Si]C(C)(C)C. The Balaban J connectivity index is 2.51. The monoisotopic (exact) mass is 252 g/mol. The molecule has 0 aromatic heterocycles. The molecule has 0 atom stereocenters. The van der Waals surface area contributed by atoms with Gasteiger partial charge in [-0.3, -0.25) is 0 Å². The third-order valence-electron chi connectivity index (χ3n) is 1.91. The lowest BCUT2D eigenvalue weighted by Crippen LogP contribution is -2.12. The van der Waals surface area contributed by atoms with Gasteiger partial charge in [0.15, 0.2) is 6.79 Å². The van der Waals surface area contributed by atoms with Gasteiger partial charge in [-0.15, -0.1) is 0 Å². The maximum absolute atomic E-state index is 5.71. The summed E-state index contributed by atoms with van der Waals surface area (Å²) < 4.78 is 16.1. The van der Waals surface area contributed by atoms with E-state index in [-0.39, 0.29) is 11.8 Å². The van der Waals surface area contributed by atoms with Crippen LogP contribution in [0.3, 0.4) is 0 Å². The maximum Gasteiger partial charge on any atom is 0.236 e. The fourth-order valence-electron chi connectivity index (χ4n) is 1.22. The van der Waals surface area contributed by atoms with Crippen molar-refractivity contribution in [2.24, 2.45) is 0 Å². The topological polar surface area (TPSA) is 27.7 Å². The molecular weight excluding hydrogens is 232 g/mol. The molecule has 0 heterocycles. The number of para-hydroxylation sites is 1. The molecule has 0 saturated heterocycles. The molecule has 2 radical (unpaired) electrons. The summed E-state index contributed by atoms with van der Waals surface area (Å²) in [7, 11) is 2.09. The molecule has 4 heteroatoms. The highest BCUT2D eigenvalue weighted by molar-refractivity contribution is 6.31. The number of methoxy groups -OCH3 is 1. The molecule has 1 aromatic rings. The van der Waals surface area contributed by atoms with Gasteiger partial charge in [-0.2, -0.15) is 0 Å². The largest absolute Gasteiger partial charge is 0.467 e. The molecule has 0 N–H and O–H groups in total. The Hall–Kier alpha value is -0.843. The Labute approximate surface area is 106 Å². The minimum absolute atomic E-state index is 0.211. The third-order valence-corrected chi connectivity index (χ3v) is 2.81. The lowest BCUT2D eigenvalue weighted by Gasteiger charge is -2.17. The van der Waals surface area contributed by atoms with E-state index < -0.39 is 0 Å². The molecule has 17 heavy (non-hydrogen) atoms. The van der Waals surface area contributed by atoms with Crippen LogP contribution in [0.2, 0.25) is 5.04 Å². The molecule has 1 rings (SSSR count). The Morgan fingerprint density at radius 1 is 1.18 bits per heavy atom. The second-order valence-electron chi connectivity index (χ2n) is 4.80. The number of hydrogen-bond acceptors (Lipinski definition) is 3. The molecule has 1 aromatic carbocycles. The van der Waals surface area contributed by atoms with Crippen LogP contribution >= 0.6 is 0 Å². The molecule has 0 amide bonds. The number of hydrogen-bond donors (Lipinski definition) is 0. The van der Waals surface area contributed by atoms with Crippen LogP contribution in [0.15, 0.2) is 24.3 Å². The van der Waals surface area contributed by atoms with E-state index in [4.69, 9.17) is 13.9 Å². The molecule has 3 nitrogen and oxygen atoms in total. The summed E-state index contributed by atoms with van der Waals surface area (Å²) in [6, 6.07) is 7.87. The number of ether oxygens (including phenoxy) is 2. The summed E-state index contributed by atoms with van der Waals surface area (Å²) >= 11 is 0. The molecular formula is C13H20O3Si. The Kier molecular flexibility index (Phi) is 5.68. The Morgan fingerprint density at radius 2 is 1.88 bits per heavy atom. The van der Waals surface area contributed by atoms with Crippen LogP contribution in [0.25, 0.3) is 0 Å². The number of benzene rings is 1. The standard InChI is InChI=1S/C13H20O3Si/c1-13(2,3)17-16-9-11-7-5-6-8-12(11)15-10-14-4/h5-8H,9-10H2,1-4H3. The molecule has 0 spiro atoms. The van der Waals surface area contributed by atoms with E-state index in [1.165, 1.54) is 0 Å². The third kappa shape index (κ3) is 5.86. The van der Waals surface area contributed by atoms with Gasteiger partial charge in [0.2, 0.25) is 9.76 Å². The van der Waals surface area contributed by atoms with Crippen LogP contribution in [0.5, 0.6) is 5.75 Å². The molecule has 0 saturated carbocycles. The van der Waals surface area contributed by atoms with Gasteiger partial charge in [-0.1, -0.05) is 39.0 Å². The highest BCUT2D eigenvalue weighted by Gasteiger charge is 2.13. The summed E-state index contributed by atoms with van der Waals surface area (Å²) in [6.45, 7) is 7.34. The van der Waals surface area contributed by atoms with Crippen LogP contribution in [0.1, 0.15) is 26.3 Å². The van der Waals surface area contributed by atoms with E-state index in [1.54, 1.807) is 7.11 Å².